The van der Waals surface area contributed by atoms with Crippen molar-refractivity contribution >= 4 is 23.8 Å². The van der Waals surface area contributed by atoms with Crippen molar-refractivity contribution < 1.29 is 14.3 Å². The third kappa shape index (κ3) is 2.88. The zero-order valence-corrected chi connectivity index (χ0v) is 12.9. The van der Waals surface area contributed by atoms with Crippen LogP contribution in [-0.2, 0) is 9.53 Å². The molecule has 0 saturated carbocycles. The first kappa shape index (κ1) is 15.0. The van der Waals surface area contributed by atoms with Crippen LogP contribution < -0.4 is 5.32 Å². The summed E-state index contributed by atoms with van der Waals surface area (Å²) in [4.78, 5) is 23.9. The first-order valence-corrected chi connectivity index (χ1v) is 7.30. The zero-order valence-electron chi connectivity index (χ0n) is 12.9. The van der Waals surface area contributed by atoms with Crippen molar-refractivity contribution in [3.05, 3.63) is 52.7 Å². The number of methoxy groups -OCH3 is 1. The van der Waals surface area contributed by atoms with E-state index in [2.05, 4.69) is 15.5 Å². The maximum Gasteiger partial charge on any atom is 0.356 e. The summed E-state index contributed by atoms with van der Waals surface area (Å²) in [5.41, 5.74) is 2.99. The molecular weight excluding hydrogens is 294 g/mol. The summed E-state index contributed by atoms with van der Waals surface area (Å²) in [5, 5.41) is 9.39. The van der Waals surface area contributed by atoms with E-state index in [0.717, 1.165) is 11.1 Å². The molecule has 1 aliphatic heterocycles. The van der Waals surface area contributed by atoms with Gasteiger partial charge in [0, 0.05) is 17.9 Å². The summed E-state index contributed by atoms with van der Waals surface area (Å²) in [6.45, 7) is 1.95. The molecule has 1 aromatic heterocycles. The van der Waals surface area contributed by atoms with E-state index in [4.69, 9.17) is 4.74 Å². The van der Waals surface area contributed by atoms with E-state index < -0.39 is 5.97 Å². The Morgan fingerprint density at radius 3 is 2.78 bits per heavy atom. The Hall–Kier alpha value is -2.89. The highest BCUT2D eigenvalue weighted by Gasteiger charge is 2.33. The highest BCUT2D eigenvalue weighted by molar-refractivity contribution is 5.99. The van der Waals surface area contributed by atoms with Gasteiger partial charge in [-0.25, -0.2) is 4.79 Å². The lowest BCUT2D eigenvalue weighted by molar-refractivity contribution is -0.116. The Labute approximate surface area is 133 Å². The van der Waals surface area contributed by atoms with E-state index in [9.17, 15) is 9.59 Å². The third-order valence-corrected chi connectivity index (χ3v) is 3.93. The van der Waals surface area contributed by atoms with E-state index in [1.165, 1.54) is 7.11 Å². The fraction of sp³-hybridized carbons (Fsp3) is 0.235. The summed E-state index contributed by atoms with van der Waals surface area (Å²) in [5.74, 6) is -0.432. The molecule has 118 valence electrons. The molecule has 2 aromatic rings. The van der Waals surface area contributed by atoms with Gasteiger partial charge in [-0.1, -0.05) is 42.0 Å². The van der Waals surface area contributed by atoms with Gasteiger partial charge in [0.05, 0.1) is 7.11 Å². The van der Waals surface area contributed by atoms with Crippen molar-refractivity contribution in [2.45, 2.75) is 19.3 Å². The van der Waals surface area contributed by atoms with Crippen molar-refractivity contribution in [1.82, 2.24) is 10.2 Å². The predicted molar refractivity (Wildman–Crippen MR) is 86.0 cm³/mol. The van der Waals surface area contributed by atoms with Crippen LogP contribution >= 0.6 is 0 Å². The summed E-state index contributed by atoms with van der Waals surface area (Å²) in [6.07, 6.45) is 2.28. The molecule has 0 spiro atoms. The number of H-pyrrole nitrogens is 1. The van der Waals surface area contributed by atoms with Crippen LogP contribution in [0, 0.1) is 0 Å². The topological polar surface area (TPSA) is 84.1 Å². The number of rotatable bonds is 3. The van der Waals surface area contributed by atoms with Gasteiger partial charge in [0.25, 0.3) is 0 Å². The fourth-order valence-electron chi connectivity index (χ4n) is 2.81. The number of amides is 1. The van der Waals surface area contributed by atoms with Crippen molar-refractivity contribution in [3.8, 4) is 0 Å². The third-order valence-electron chi connectivity index (χ3n) is 3.93. The molecule has 6 nitrogen and oxygen atoms in total. The van der Waals surface area contributed by atoms with Crippen LogP contribution in [0.25, 0.3) is 6.08 Å². The molecule has 0 radical (unpaired) electrons. The van der Waals surface area contributed by atoms with Crippen LogP contribution in [0.2, 0.25) is 0 Å². The average Bonchev–Trinajstić information content (AvgIpc) is 2.97. The smallest absolute Gasteiger partial charge is 0.356 e. The standard InChI is InChI=1S/C17H17N3O3/c1-10(8-11-6-4-3-5-7-11)12-9-13(21)18-16-14(12)15(19-20-16)17(22)23-2/h3-8,12H,9H2,1-2H3,(H2,18,19,20,21). The second-order valence-corrected chi connectivity index (χ2v) is 5.46. The van der Waals surface area contributed by atoms with Crippen LogP contribution in [0.5, 0.6) is 0 Å². The van der Waals surface area contributed by atoms with Crippen molar-refractivity contribution in [1.29, 1.82) is 0 Å². The van der Waals surface area contributed by atoms with Crippen LogP contribution in [0.1, 0.15) is 40.9 Å². The minimum atomic E-state index is -0.493. The Balaban J connectivity index is 2.04. The number of hydrogen-bond donors (Lipinski definition) is 2. The van der Waals surface area contributed by atoms with E-state index >= 15 is 0 Å². The lowest BCUT2D eigenvalue weighted by Gasteiger charge is -2.23. The molecule has 1 unspecified atom stereocenters. The molecule has 2 heterocycles. The van der Waals surface area contributed by atoms with E-state index in [1.54, 1.807) is 0 Å². The van der Waals surface area contributed by atoms with Crippen LogP contribution in [-0.4, -0.2) is 29.2 Å². The van der Waals surface area contributed by atoms with Gasteiger partial charge in [-0.3, -0.25) is 9.89 Å². The average molecular weight is 311 g/mol. The number of ether oxygens (including phenoxy) is 1. The molecule has 1 amide bonds. The maximum absolute atomic E-state index is 11.9. The second-order valence-electron chi connectivity index (χ2n) is 5.46. The molecular formula is C17H17N3O3. The lowest BCUT2D eigenvalue weighted by atomic mass is 9.85. The predicted octanol–water partition coefficient (Wildman–Crippen LogP) is 2.73. The van der Waals surface area contributed by atoms with Crippen molar-refractivity contribution in [2.24, 2.45) is 0 Å². The number of nitrogens with zero attached hydrogens (tertiary/aromatic N) is 1. The normalized spacial score (nSPS) is 17.4. The van der Waals surface area contributed by atoms with Crippen molar-refractivity contribution in [3.63, 3.8) is 0 Å². The highest BCUT2D eigenvalue weighted by atomic mass is 16.5. The lowest BCUT2D eigenvalue weighted by Crippen LogP contribution is -2.24. The number of fused-ring (bicyclic) bond motifs is 1. The minimum absolute atomic E-state index is 0.119. The quantitative estimate of drug-likeness (QED) is 0.854. The van der Waals surface area contributed by atoms with Crippen molar-refractivity contribution in [2.75, 3.05) is 12.4 Å². The number of anilines is 1. The largest absolute Gasteiger partial charge is 0.464 e. The molecule has 0 aliphatic carbocycles. The molecule has 3 rings (SSSR count). The Bertz CT molecular complexity index is 778. The van der Waals surface area contributed by atoms with Gasteiger partial charge in [0.15, 0.2) is 5.82 Å². The second kappa shape index (κ2) is 6.08. The summed E-state index contributed by atoms with van der Waals surface area (Å²) < 4.78 is 4.79. The Morgan fingerprint density at radius 1 is 1.35 bits per heavy atom. The SMILES string of the molecule is COC(=O)c1[nH]nc2c1C(C(C)=Cc1ccccc1)CC(=O)N2. The Kier molecular flexibility index (Phi) is 3.97. The van der Waals surface area contributed by atoms with Gasteiger partial charge in [0.1, 0.15) is 5.69 Å². The van der Waals surface area contributed by atoms with Crippen LogP contribution in [0.4, 0.5) is 5.82 Å². The number of esters is 1. The van der Waals surface area contributed by atoms with E-state index in [0.29, 0.717) is 11.4 Å². The maximum atomic E-state index is 11.9. The molecule has 2 N–H and O–H groups in total. The van der Waals surface area contributed by atoms with Crippen LogP contribution in [0.3, 0.4) is 0 Å². The first-order chi connectivity index (χ1) is 11.1. The van der Waals surface area contributed by atoms with Gasteiger partial charge < -0.3 is 10.1 Å². The van der Waals surface area contributed by atoms with E-state index in [1.807, 2.05) is 43.3 Å². The Morgan fingerprint density at radius 2 is 2.09 bits per heavy atom. The van der Waals surface area contributed by atoms with E-state index in [-0.39, 0.29) is 23.9 Å². The molecule has 1 atom stereocenters. The molecule has 0 fully saturated rings. The number of carbonyl (C=O) groups is 2. The number of aromatic amines is 1. The monoisotopic (exact) mass is 311 g/mol. The van der Waals surface area contributed by atoms with Gasteiger partial charge in [-0.05, 0) is 12.5 Å². The van der Waals surface area contributed by atoms with Gasteiger partial charge >= 0.3 is 5.97 Å². The number of benzene rings is 1. The number of carbonyl (C=O) groups excluding carboxylic acids is 2. The van der Waals surface area contributed by atoms with Crippen LogP contribution in [0.15, 0.2) is 35.9 Å². The number of hydrogen-bond acceptors (Lipinski definition) is 4. The van der Waals surface area contributed by atoms with Gasteiger partial charge in [-0.15, -0.1) is 0 Å². The molecule has 1 aliphatic rings. The summed E-state index contributed by atoms with van der Waals surface area (Å²) in [6, 6.07) is 9.84. The summed E-state index contributed by atoms with van der Waals surface area (Å²) in [7, 11) is 1.32. The molecule has 23 heavy (non-hydrogen) atoms. The molecule has 1 aromatic carbocycles. The number of allylic oxidation sites excluding steroid dienone is 1. The van der Waals surface area contributed by atoms with Gasteiger partial charge in [-0.2, -0.15) is 5.10 Å². The molecule has 6 heteroatoms. The molecule has 0 bridgehead atoms. The van der Waals surface area contributed by atoms with Gasteiger partial charge in [0.2, 0.25) is 5.91 Å². The number of nitrogens with one attached hydrogen (secondary N) is 2. The summed E-state index contributed by atoms with van der Waals surface area (Å²) >= 11 is 0. The minimum Gasteiger partial charge on any atom is -0.464 e. The highest BCUT2D eigenvalue weighted by Crippen LogP contribution is 2.38. The number of aromatic nitrogens is 2. The zero-order chi connectivity index (χ0) is 16.4. The molecule has 0 saturated heterocycles. The fourth-order valence-corrected chi connectivity index (χ4v) is 2.81. The first-order valence-electron chi connectivity index (χ1n) is 7.30.